The number of rotatable bonds is 0. The van der Waals surface area contributed by atoms with Crippen molar-refractivity contribution in [1.82, 2.24) is 14.8 Å². The van der Waals surface area contributed by atoms with Crippen molar-refractivity contribution in [2.45, 2.75) is 20.8 Å². The van der Waals surface area contributed by atoms with E-state index in [0.717, 1.165) is 16.6 Å². The summed E-state index contributed by atoms with van der Waals surface area (Å²) in [6.07, 6.45) is 3.66. The molecule has 0 spiro atoms. The molecule has 2 rings (SSSR count). The van der Waals surface area contributed by atoms with Gasteiger partial charge in [-0.25, -0.2) is 0 Å². The quantitative estimate of drug-likeness (QED) is 0.618. The maximum Gasteiger partial charge on any atom is 0.0891 e. The molecule has 0 aliphatic heterocycles. The Hall–Kier alpha value is -1.38. The van der Waals surface area contributed by atoms with E-state index in [1.165, 1.54) is 0 Å². The molecule has 0 unspecified atom stereocenters. The highest BCUT2D eigenvalue weighted by Crippen LogP contribution is 2.13. The third kappa shape index (κ3) is 1.69. The molecule has 0 bridgehead atoms. The Labute approximate surface area is 78.4 Å². The molecule has 0 saturated heterocycles. The molecule has 0 radical (unpaired) electrons. The number of aromatic nitrogens is 3. The van der Waals surface area contributed by atoms with Crippen LogP contribution in [0.15, 0.2) is 18.5 Å². The van der Waals surface area contributed by atoms with Gasteiger partial charge in [-0.2, -0.15) is 5.10 Å². The number of aryl methyl sites for hydroxylation is 2. The van der Waals surface area contributed by atoms with Crippen molar-refractivity contribution >= 4 is 10.9 Å². The first-order valence-corrected chi connectivity index (χ1v) is 4.52. The summed E-state index contributed by atoms with van der Waals surface area (Å²) in [5, 5.41) is 5.29. The van der Waals surface area contributed by atoms with Gasteiger partial charge in [-0.1, -0.05) is 13.8 Å². The average molecular weight is 177 g/mol. The molecular weight excluding hydrogens is 162 g/mol. The summed E-state index contributed by atoms with van der Waals surface area (Å²) in [4.78, 5) is 4.18. The molecule has 0 aliphatic carbocycles. The van der Waals surface area contributed by atoms with Gasteiger partial charge in [-0.05, 0) is 13.0 Å². The lowest BCUT2D eigenvalue weighted by Crippen LogP contribution is -1.92. The summed E-state index contributed by atoms with van der Waals surface area (Å²) in [6, 6.07) is 1.97. The zero-order chi connectivity index (χ0) is 9.84. The topological polar surface area (TPSA) is 30.7 Å². The molecule has 0 aromatic carbocycles. The second-order valence-electron chi connectivity index (χ2n) is 2.60. The average Bonchev–Trinajstić information content (AvgIpc) is 2.53. The van der Waals surface area contributed by atoms with E-state index in [2.05, 4.69) is 10.1 Å². The van der Waals surface area contributed by atoms with Crippen molar-refractivity contribution in [2.24, 2.45) is 7.05 Å². The second-order valence-corrected chi connectivity index (χ2v) is 2.60. The van der Waals surface area contributed by atoms with Crippen LogP contribution in [0.2, 0.25) is 0 Å². The Bertz CT molecular complexity index is 390. The van der Waals surface area contributed by atoms with E-state index in [1.807, 2.05) is 44.8 Å². The van der Waals surface area contributed by atoms with Crippen LogP contribution in [-0.2, 0) is 7.05 Å². The van der Waals surface area contributed by atoms with E-state index in [1.54, 1.807) is 6.20 Å². The normalized spacial score (nSPS) is 9.54. The molecule has 0 N–H and O–H groups in total. The van der Waals surface area contributed by atoms with Crippen molar-refractivity contribution in [3.63, 3.8) is 0 Å². The minimum absolute atomic E-state index is 1.03. The van der Waals surface area contributed by atoms with E-state index in [-0.39, 0.29) is 0 Å². The number of nitrogens with zero attached hydrogens (tertiary/aromatic N) is 3. The number of fused-ring (bicyclic) bond motifs is 1. The summed E-state index contributed by atoms with van der Waals surface area (Å²) in [5.74, 6) is 0. The fraction of sp³-hybridized carbons (Fsp3) is 0.400. The minimum atomic E-state index is 1.03. The SMILES string of the molecule is CC.Cc1nccc2cnn(C)c12. The fourth-order valence-corrected chi connectivity index (χ4v) is 1.31. The van der Waals surface area contributed by atoms with Crippen LogP contribution in [0.5, 0.6) is 0 Å². The minimum Gasteiger partial charge on any atom is -0.266 e. The van der Waals surface area contributed by atoms with Crippen LogP contribution in [0.3, 0.4) is 0 Å². The van der Waals surface area contributed by atoms with Gasteiger partial charge < -0.3 is 0 Å². The Morgan fingerprint density at radius 2 is 2.00 bits per heavy atom. The van der Waals surface area contributed by atoms with Crippen molar-refractivity contribution in [3.05, 3.63) is 24.2 Å². The third-order valence-electron chi connectivity index (χ3n) is 1.83. The van der Waals surface area contributed by atoms with Crippen molar-refractivity contribution < 1.29 is 0 Å². The van der Waals surface area contributed by atoms with Crippen LogP contribution in [0.4, 0.5) is 0 Å². The third-order valence-corrected chi connectivity index (χ3v) is 1.83. The predicted octanol–water partition coefficient (Wildman–Crippen LogP) is 2.30. The molecule has 2 aromatic rings. The smallest absolute Gasteiger partial charge is 0.0891 e. The first-order chi connectivity index (χ1) is 6.29. The molecule has 3 nitrogen and oxygen atoms in total. The Morgan fingerprint density at radius 3 is 2.62 bits per heavy atom. The van der Waals surface area contributed by atoms with E-state index in [9.17, 15) is 0 Å². The maximum absolute atomic E-state index is 4.18. The van der Waals surface area contributed by atoms with Gasteiger partial charge in [-0.3, -0.25) is 9.67 Å². The van der Waals surface area contributed by atoms with E-state index >= 15 is 0 Å². The monoisotopic (exact) mass is 177 g/mol. The molecule has 0 fully saturated rings. The summed E-state index contributed by atoms with van der Waals surface area (Å²) < 4.78 is 1.84. The van der Waals surface area contributed by atoms with Gasteiger partial charge in [0.05, 0.1) is 17.4 Å². The molecule has 0 aliphatic rings. The number of hydrogen-bond acceptors (Lipinski definition) is 2. The maximum atomic E-state index is 4.18. The predicted molar refractivity (Wildman–Crippen MR) is 54.6 cm³/mol. The van der Waals surface area contributed by atoms with Crippen LogP contribution in [-0.4, -0.2) is 14.8 Å². The fourth-order valence-electron chi connectivity index (χ4n) is 1.31. The first-order valence-electron chi connectivity index (χ1n) is 4.52. The van der Waals surface area contributed by atoms with Crippen molar-refractivity contribution in [1.29, 1.82) is 0 Å². The van der Waals surface area contributed by atoms with E-state index in [4.69, 9.17) is 0 Å². The van der Waals surface area contributed by atoms with E-state index in [0.29, 0.717) is 0 Å². The highest BCUT2D eigenvalue weighted by molar-refractivity contribution is 5.79. The Balaban J connectivity index is 0.000000396. The van der Waals surface area contributed by atoms with Gasteiger partial charge in [0.2, 0.25) is 0 Å². The Morgan fingerprint density at radius 1 is 1.31 bits per heavy atom. The van der Waals surface area contributed by atoms with Crippen LogP contribution < -0.4 is 0 Å². The van der Waals surface area contributed by atoms with Gasteiger partial charge in [0.15, 0.2) is 0 Å². The lowest BCUT2D eigenvalue weighted by Gasteiger charge is -1.96. The largest absolute Gasteiger partial charge is 0.266 e. The molecule has 13 heavy (non-hydrogen) atoms. The van der Waals surface area contributed by atoms with Gasteiger partial charge in [-0.15, -0.1) is 0 Å². The van der Waals surface area contributed by atoms with Crippen LogP contribution >= 0.6 is 0 Å². The zero-order valence-corrected chi connectivity index (χ0v) is 8.57. The summed E-state index contributed by atoms with van der Waals surface area (Å²) in [5.41, 5.74) is 2.15. The summed E-state index contributed by atoms with van der Waals surface area (Å²) in [6.45, 7) is 5.99. The highest BCUT2D eigenvalue weighted by atomic mass is 15.3. The number of hydrogen-bond donors (Lipinski definition) is 0. The molecule has 0 atom stereocenters. The zero-order valence-electron chi connectivity index (χ0n) is 8.57. The molecule has 2 aromatic heterocycles. The first kappa shape index (κ1) is 9.71. The van der Waals surface area contributed by atoms with Crippen LogP contribution in [0.1, 0.15) is 19.5 Å². The summed E-state index contributed by atoms with van der Waals surface area (Å²) >= 11 is 0. The van der Waals surface area contributed by atoms with Gasteiger partial charge in [0.25, 0.3) is 0 Å². The Kier molecular flexibility index (Phi) is 3.01. The highest BCUT2D eigenvalue weighted by Gasteiger charge is 2.00. The molecular formula is C10H15N3. The van der Waals surface area contributed by atoms with Gasteiger partial charge in [0.1, 0.15) is 0 Å². The lowest BCUT2D eigenvalue weighted by atomic mass is 10.3. The molecule has 0 saturated carbocycles. The molecule has 0 amide bonds. The number of pyridine rings is 1. The molecule has 2 heterocycles. The molecule has 70 valence electrons. The van der Waals surface area contributed by atoms with Crippen LogP contribution in [0, 0.1) is 6.92 Å². The van der Waals surface area contributed by atoms with E-state index < -0.39 is 0 Å². The summed E-state index contributed by atoms with van der Waals surface area (Å²) in [7, 11) is 1.93. The lowest BCUT2D eigenvalue weighted by molar-refractivity contribution is 0.792. The molecule has 3 heteroatoms. The van der Waals surface area contributed by atoms with Crippen molar-refractivity contribution in [3.8, 4) is 0 Å². The second kappa shape index (κ2) is 4.03. The van der Waals surface area contributed by atoms with Gasteiger partial charge in [0, 0.05) is 18.6 Å². The van der Waals surface area contributed by atoms with Gasteiger partial charge >= 0.3 is 0 Å². The van der Waals surface area contributed by atoms with Crippen molar-refractivity contribution in [2.75, 3.05) is 0 Å². The van der Waals surface area contributed by atoms with Crippen LogP contribution in [0.25, 0.3) is 10.9 Å². The standard InChI is InChI=1S/C8H9N3.C2H6/c1-6-8-7(3-4-9-6)5-10-11(8)2;1-2/h3-5H,1-2H3;1-2H3.